The van der Waals surface area contributed by atoms with E-state index in [-0.39, 0.29) is 18.6 Å². The SMILES string of the molecule is CC(C(=O)NN)N(CCO)C1CCCC1. The van der Waals surface area contributed by atoms with Crippen LogP contribution >= 0.6 is 0 Å². The third-order valence-electron chi connectivity index (χ3n) is 3.17. The van der Waals surface area contributed by atoms with E-state index in [1.165, 1.54) is 12.8 Å². The molecule has 1 aliphatic carbocycles. The van der Waals surface area contributed by atoms with Crippen molar-refractivity contribution in [1.29, 1.82) is 0 Å². The summed E-state index contributed by atoms with van der Waals surface area (Å²) in [6.07, 6.45) is 4.65. The van der Waals surface area contributed by atoms with Gasteiger partial charge in [0.15, 0.2) is 0 Å². The van der Waals surface area contributed by atoms with Gasteiger partial charge in [-0.2, -0.15) is 0 Å². The molecule has 0 bridgehead atoms. The zero-order chi connectivity index (χ0) is 11.3. The molecule has 0 radical (unpaired) electrons. The van der Waals surface area contributed by atoms with Crippen molar-refractivity contribution in [2.45, 2.75) is 44.7 Å². The molecule has 0 aromatic heterocycles. The summed E-state index contributed by atoms with van der Waals surface area (Å²) in [5.41, 5.74) is 2.16. The Labute approximate surface area is 90.6 Å². The van der Waals surface area contributed by atoms with Crippen LogP contribution < -0.4 is 11.3 Å². The number of hydrogen-bond donors (Lipinski definition) is 3. The molecule has 4 N–H and O–H groups in total. The third-order valence-corrected chi connectivity index (χ3v) is 3.17. The summed E-state index contributed by atoms with van der Waals surface area (Å²) in [4.78, 5) is 13.5. The number of nitrogens with two attached hydrogens (primary N) is 1. The molecule has 1 atom stereocenters. The zero-order valence-corrected chi connectivity index (χ0v) is 9.28. The first-order valence-electron chi connectivity index (χ1n) is 5.57. The summed E-state index contributed by atoms with van der Waals surface area (Å²) < 4.78 is 0. The molecular weight excluding hydrogens is 194 g/mol. The molecule has 0 saturated heterocycles. The second-order valence-corrected chi connectivity index (χ2v) is 4.08. The van der Waals surface area contributed by atoms with E-state index in [0.717, 1.165) is 12.8 Å². The standard InChI is InChI=1S/C10H21N3O2/c1-8(10(15)12-11)13(6-7-14)9-4-2-3-5-9/h8-9,14H,2-7,11H2,1H3,(H,12,15). The van der Waals surface area contributed by atoms with Crippen molar-refractivity contribution >= 4 is 5.91 Å². The van der Waals surface area contributed by atoms with Gasteiger partial charge in [0.25, 0.3) is 5.91 Å². The smallest absolute Gasteiger partial charge is 0.250 e. The van der Waals surface area contributed by atoms with E-state index >= 15 is 0 Å². The second-order valence-electron chi connectivity index (χ2n) is 4.08. The minimum atomic E-state index is -0.259. The number of carbonyl (C=O) groups excluding carboxylic acids is 1. The van der Waals surface area contributed by atoms with Gasteiger partial charge in [0.2, 0.25) is 0 Å². The lowest BCUT2D eigenvalue weighted by atomic mass is 10.1. The summed E-state index contributed by atoms with van der Waals surface area (Å²) in [6, 6.07) is 0.162. The fourth-order valence-electron chi connectivity index (χ4n) is 2.32. The molecule has 1 saturated carbocycles. The van der Waals surface area contributed by atoms with Crippen molar-refractivity contribution in [2.75, 3.05) is 13.2 Å². The summed E-state index contributed by atoms with van der Waals surface area (Å²) in [5, 5.41) is 9.00. The predicted octanol–water partition coefficient (Wildman–Crippen LogP) is -0.398. The Morgan fingerprint density at radius 2 is 2.20 bits per heavy atom. The number of hydrazine groups is 1. The lowest BCUT2D eigenvalue weighted by Crippen LogP contribution is -2.51. The van der Waals surface area contributed by atoms with Gasteiger partial charge in [0, 0.05) is 12.6 Å². The lowest BCUT2D eigenvalue weighted by Gasteiger charge is -2.32. The van der Waals surface area contributed by atoms with Crippen molar-refractivity contribution in [3.63, 3.8) is 0 Å². The van der Waals surface area contributed by atoms with Crippen LogP contribution in [0, 0.1) is 0 Å². The van der Waals surface area contributed by atoms with Gasteiger partial charge in [0.05, 0.1) is 12.6 Å². The molecule has 1 unspecified atom stereocenters. The van der Waals surface area contributed by atoms with Gasteiger partial charge >= 0.3 is 0 Å². The highest BCUT2D eigenvalue weighted by Crippen LogP contribution is 2.24. The fraction of sp³-hybridized carbons (Fsp3) is 0.900. The topological polar surface area (TPSA) is 78.6 Å². The molecule has 1 amide bonds. The average Bonchev–Trinajstić information content (AvgIpc) is 2.77. The van der Waals surface area contributed by atoms with Crippen LogP contribution in [-0.2, 0) is 4.79 Å². The summed E-state index contributed by atoms with van der Waals surface area (Å²) in [7, 11) is 0. The maximum atomic E-state index is 11.4. The van der Waals surface area contributed by atoms with Crippen LogP contribution in [-0.4, -0.2) is 41.1 Å². The number of carbonyl (C=O) groups is 1. The Morgan fingerprint density at radius 3 is 2.67 bits per heavy atom. The van der Waals surface area contributed by atoms with E-state index in [0.29, 0.717) is 12.6 Å². The first-order valence-corrected chi connectivity index (χ1v) is 5.57. The Bertz CT molecular complexity index is 205. The van der Waals surface area contributed by atoms with Gasteiger partial charge in [-0.25, -0.2) is 5.84 Å². The van der Waals surface area contributed by atoms with Crippen LogP contribution in [0.4, 0.5) is 0 Å². The van der Waals surface area contributed by atoms with Crippen LogP contribution in [0.3, 0.4) is 0 Å². The molecule has 0 aliphatic heterocycles. The Morgan fingerprint density at radius 1 is 1.60 bits per heavy atom. The van der Waals surface area contributed by atoms with Crippen LogP contribution in [0.1, 0.15) is 32.6 Å². The van der Waals surface area contributed by atoms with E-state index in [1.807, 2.05) is 6.92 Å². The molecule has 0 aromatic rings. The Kier molecular flexibility index (Phi) is 5.01. The number of aliphatic hydroxyl groups excluding tert-OH is 1. The molecule has 1 aliphatic rings. The highest BCUT2D eigenvalue weighted by molar-refractivity contribution is 5.80. The molecule has 0 heterocycles. The van der Waals surface area contributed by atoms with Crippen molar-refractivity contribution in [3.8, 4) is 0 Å². The molecule has 15 heavy (non-hydrogen) atoms. The molecule has 88 valence electrons. The number of nitrogens with zero attached hydrogens (tertiary/aromatic N) is 1. The highest BCUT2D eigenvalue weighted by atomic mass is 16.3. The summed E-state index contributed by atoms with van der Waals surface area (Å²) in [6.45, 7) is 2.45. The number of nitrogens with one attached hydrogen (secondary N) is 1. The van der Waals surface area contributed by atoms with Crippen LogP contribution in [0.15, 0.2) is 0 Å². The molecule has 0 aromatic carbocycles. The average molecular weight is 215 g/mol. The van der Waals surface area contributed by atoms with E-state index < -0.39 is 0 Å². The molecule has 5 nitrogen and oxygen atoms in total. The number of aliphatic hydroxyl groups is 1. The van der Waals surface area contributed by atoms with E-state index in [1.54, 1.807) is 0 Å². The minimum absolute atomic E-state index is 0.0820. The van der Waals surface area contributed by atoms with E-state index in [9.17, 15) is 4.79 Å². The zero-order valence-electron chi connectivity index (χ0n) is 9.28. The fourth-order valence-corrected chi connectivity index (χ4v) is 2.32. The predicted molar refractivity (Wildman–Crippen MR) is 57.8 cm³/mol. The van der Waals surface area contributed by atoms with Crippen LogP contribution in [0.5, 0.6) is 0 Å². The molecular formula is C10H21N3O2. The van der Waals surface area contributed by atoms with Crippen molar-refractivity contribution in [3.05, 3.63) is 0 Å². The van der Waals surface area contributed by atoms with E-state index in [4.69, 9.17) is 10.9 Å². The first-order chi connectivity index (χ1) is 7.20. The maximum Gasteiger partial charge on any atom is 0.250 e. The number of rotatable bonds is 5. The lowest BCUT2D eigenvalue weighted by molar-refractivity contribution is -0.127. The van der Waals surface area contributed by atoms with Crippen LogP contribution in [0.2, 0.25) is 0 Å². The molecule has 0 spiro atoms. The largest absolute Gasteiger partial charge is 0.395 e. The number of amides is 1. The summed E-state index contributed by atoms with van der Waals surface area (Å²) >= 11 is 0. The minimum Gasteiger partial charge on any atom is -0.395 e. The Balaban J connectivity index is 2.58. The van der Waals surface area contributed by atoms with Gasteiger partial charge in [-0.05, 0) is 19.8 Å². The highest BCUT2D eigenvalue weighted by Gasteiger charge is 2.29. The summed E-state index contributed by atoms with van der Waals surface area (Å²) in [5.74, 6) is 4.93. The molecule has 5 heteroatoms. The number of hydrogen-bond acceptors (Lipinski definition) is 4. The quantitative estimate of drug-likeness (QED) is 0.331. The van der Waals surface area contributed by atoms with Gasteiger partial charge in [-0.1, -0.05) is 12.8 Å². The van der Waals surface area contributed by atoms with Crippen molar-refractivity contribution in [2.24, 2.45) is 5.84 Å². The van der Waals surface area contributed by atoms with Gasteiger partial charge in [-0.15, -0.1) is 0 Å². The van der Waals surface area contributed by atoms with Crippen molar-refractivity contribution in [1.82, 2.24) is 10.3 Å². The monoisotopic (exact) mass is 215 g/mol. The molecule has 1 rings (SSSR count). The van der Waals surface area contributed by atoms with Gasteiger partial charge < -0.3 is 5.11 Å². The molecule has 1 fully saturated rings. The van der Waals surface area contributed by atoms with Crippen LogP contribution in [0.25, 0.3) is 0 Å². The normalized spacial score (nSPS) is 19.5. The third kappa shape index (κ3) is 3.15. The van der Waals surface area contributed by atoms with Gasteiger partial charge in [0.1, 0.15) is 0 Å². The Hall–Kier alpha value is -0.650. The van der Waals surface area contributed by atoms with Crippen molar-refractivity contribution < 1.29 is 9.90 Å². The van der Waals surface area contributed by atoms with Gasteiger partial charge in [-0.3, -0.25) is 15.1 Å². The second kappa shape index (κ2) is 6.05. The van der Waals surface area contributed by atoms with E-state index in [2.05, 4.69) is 10.3 Å². The first kappa shape index (κ1) is 12.4. The maximum absolute atomic E-state index is 11.4.